The fraction of sp³-hybridized carbons (Fsp3) is 0.333. The van der Waals surface area contributed by atoms with Crippen molar-refractivity contribution in [2.75, 3.05) is 19.0 Å². The molecule has 1 aliphatic carbocycles. The summed E-state index contributed by atoms with van der Waals surface area (Å²) in [6.45, 7) is 1.73. The van der Waals surface area contributed by atoms with Gasteiger partial charge in [-0.15, -0.1) is 0 Å². The minimum absolute atomic E-state index is 0.106. The predicted octanol–water partition coefficient (Wildman–Crippen LogP) is 2.57. The molecule has 0 bridgehead atoms. The Hall–Kier alpha value is -3.32. The average Bonchev–Trinajstić information content (AvgIpc) is 3.10. The van der Waals surface area contributed by atoms with Gasteiger partial charge in [-0.2, -0.15) is 0 Å². The van der Waals surface area contributed by atoms with Crippen molar-refractivity contribution in [2.45, 2.75) is 31.5 Å². The lowest BCUT2D eigenvalue weighted by Gasteiger charge is -2.40. The van der Waals surface area contributed by atoms with Crippen molar-refractivity contribution >= 4 is 11.7 Å². The van der Waals surface area contributed by atoms with Gasteiger partial charge in [-0.05, 0) is 30.2 Å². The number of aromatic amines is 2. The number of nitrogens with zero attached hydrogens (tertiary/aromatic N) is 1. The average molecular weight is 421 g/mol. The number of carbonyl (C=O) groups is 1. The molecular formula is C24H27N3O4. The minimum Gasteiger partial charge on any atom is -0.460 e. The first-order chi connectivity index (χ1) is 14.8. The Morgan fingerprint density at radius 3 is 2.45 bits per heavy atom. The van der Waals surface area contributed by atoms with Gasteiger partial charge >= 0.3 is 5.97 Å². The molecule has 162 valence electrons. The van der Waals surface area contributed by atoms with Gasteiger partial charge in [-0.25, -0.2) is 0 Å². The van der Waals surface area contributed by atoms with E-state index < -0.39 is 23.4 Å². The molecule has 0 saturated heterocycles. The molecule has 2 aromatic carbocycles. The summed E-state index contributed by atoms with van der Waals surface area (Å²) in [6, 6.07) is 17.1. The van der Waals surface area contributed by atoms with Gasteiger partial charge < -0.3 is 19.8 Å². The van der Waals surface area contributed by atoms with Crippen molar-refractivity contribution in [3.8, 4) is 0 Å². The summed E-state index contributed by atoms with van der Waals surface area (Å²) in [5.41, 5.74) is 2.05. The number of nitrogens with one attached hydrogen (secondary N) is 2. The third-order valence-electron chi connectivity index (χ3n) is 5.99. The van der Waals surface area contributed by atoms with Crippen LogP contribution in [0, 0.1) is 5.92 Å². The summed E-state index contributed by atoms with van der Waals surface area (Å²) < 4.78 is 5.62. The number of H-pyrrole nitrogens is 2. The Morgan fingerprint density at radius 2 is 1.81 bits per heavy atom. The van der Waals surface area contributed by atoms with E-state index in [1.165, 1.54) is 0 Å². The molecular weight excluding hydrogens is 394 g/mol. The molecule has 3 aromatic rings. The summed E-state index contributed by atoms with van der Waals surface area (Å²) >= 11 is 0. The van der Waals surface area contributed by atoms with Crippen LogP contribution in [0.2, 0.25) is 0 Å². The first kappa shape index (κ1) is 20.9. The van der Waals surface area contributed by atoms with Crippen LogP contribution in [-0.2, 0) is 22.6 Å². The van der Waals surface area contributed by atoms with Crippen LogP contribution in [0.4, 0.5) is 5.69 Å². The van der Waals surface area contributed by atoms with E-state index in [4.69, 9.17) is 4.74 Å². The third kappa shape index (κ3) is 4.01. The number of esters is 1. The highest BCUT2D eigenvalue weighted by Gasteiger charge is 2.51. The van der Waals surface area contributed by atoms with Gasteiger partial charge in [0.2, 0.25) is 0 Å². The van der Waals surface area contributed by atoms with E-state index in [1.54, 1.807) is 6.92 Å². The second kappa shape index (κ2) is 8.07. The number of aliphatic hydroxyl groups is 1. The molecule has 1 aromatic heterocycles. The molecule has 0 spiro atoms. The normalized spacial score (nSPS) is 22.6. The summed E-state index contributed by atoms with van der Waals surface area (Å²) in [7, 11) is 3.89. The van der Waals surface area contributed by atoms with Crippen LogP contribution >= 0.6 is 0 Å². The first-order valence-corrected chi connectivity index (χ1v) is 10.3. The quantitative estimate of drug-likeness (QED) is 0.550. The molecule has 0 saturated carbocycles. The van der Waals surface area contributed by atoms with Crippen LogP contribution in [-0.4, -0.2) is 41.0 Å². The summed E-state index contributed by atoms with van der Waals surface area (Å²) in [5, 5.41) is 16.8. The Kier molecular flexibility index (Phi) is 5.45. The number of hydrogen-bond acceptors (Lipinski definition) is 5. The van der Waals surface area contributed by atoms with Crippen molar-refractivity contribution in [3.05, 3.63) is 87.3 Å². The standard InChI is InChI=1S/C24H27N3O4/c1-24(30)13-18-20(22(28)26-25-18)19(16-9-11-17(12-10-16)27(2)3)21(24)23(29)31-14-15-7-5-4-6-8-15/h4-12,19,21,30H,13-14H2,1-3H3,(H2,25,26,28). The maximum absolute atomic E-state index is 13.3. The number of aromatic nitrogens is 2. The predicted molar refractivity (Wildman–Crippen MR) is 118 cm³/mol. The zero-order valence-electron chi connectivity index (χ0n) is 17.9. The third-order valence-corrected chi connectivity index (χ3v) is 5.99. The van der Waals surface area contributed by atoms with E-state index in [-0.39, 0.29) is 18.6 Å². The molecule has 7 nitrogen and oxygen atoms in total. The molecule has 7 heteroatoms. The molecule has 1 aliphatic rings. The largest absolute Gasteiger partial charge is 0.460 e. The lowest BCUT2D eigenvalue weighted by atomic mass is 9.66. The van der Waals surface area contributed by atoms with Gasteiger partial charge in [-0.3, -0.25) is 14.7 Å². The maximum Gasteiger partial charge on any atom is 0.313 e. The van der Waals surface area contributed by atoms with Gasteiger partial charge in [0.15, 0.2) is 0 Å². The van der Waals surface area contributed by atoms with Crippen LogP contribution in [0.15, 0.2) is 59.4 Å². The van der Waals surface area contributed by atoms with Crippen LogP contribution in [0.1, 0.15) is 35.2 Å². The monoisotopic (exact) mass is 421 g/mol. The minimum atomic E-state index is -1.39. The van der Waals surface area contributed by atoms with Crippen molar-refractivity contribution in [2.24, 2.45) is 5.92 Å². The van der Waals surface area contributed by atoms with Crippen molar-refractivity contribution < 1.29 is 14.6 Å². The number of hydrogen-bond donors (Lipinski definition) is 3. The Labute approximate surface area is 180 Å². The topological polar surface area (TPSA) is 98.4 Å². The van der Waals surface area contributed by atoms with Crippen molar-refractivity contribution in [3.63, 3.8) is 0 Å². The molecule has 4 rings (SSSR count). The van der Waals surface area contributed by atoms with E-state index in [9.17, 15) is 14.7 Å². The van der Waals surface area contributed by atoms with E-state index in [0.717, 1.165) is 16.8 Å². The van der Waals surface area contributed by atoms with E-state index in [0.29, 0.717) is 11.3 Å². The fourth-order valence-corrected chi connectivity index (χ4v) is 4.41. The summed E-state index contributed by atoms with van der Waals surface area (Å²) in [6.07, 6.45) is 0.151. The van der Waals surface area contributed by atoms with Crippen LogP contribution in [0.5, 0.6) is 0 Å². The summed E-state index contributed by atoms with van der Waals surface area (Å²) in [4.78, 5) is 27.9. The highest BCUT2D eigenvalue weighted by atomic mass is 16.5. The zero-order valence-corrected chi connectivity index (χ0v) is 17.9. The molecule has 3 atom stereocenters. The van der Waals surface area contributed by atoms with Gasteiger partial charge in [0.25, 0.3) is 5.56 Å². The number of ether oxygens (including phenoxy) is 1. The zero-order chi connectivity index (χ0) is 22.2. The Morgan fingerprint density at radius 1 is 1.13 bits per heavy atom. The van der Waals surface area contributed by atoms with Crippen molar-refractivity contribution in [1.82, 2.24) is 10.2 Å². The van der Waals surface area contributed by atoms with Crippen LogP contribution in [0.25, 0.3) is 0 Å². The number of anilines is 1. The van der Waals surface area contributed by atoms with E-state index >= 15 is 0 Å². The van der Waals surface area contributed by atoms with Crippen LogP contribution in [0.3, 0.4) is 0 Å². The van der Waals surface area contributed by atoms with Crippen LogP contribution < -0.4 is 10.5 Å². The second-order valence-corrected chi connectivity index (χ2v) is 8.54. The lowest BCUT2D eigenvalue weighted by molar-refractivity contribution is -0.161. The first-order valence-electron chi connectivity index (χ1n) is 10.3. The number of benzene rings is 2. The van der Waals surface area contributed by atoms with Crippen molar-refractivity contribution in [1.29, 1.82) is 0 Å². The maximum atomic E-state index is 13.3. The second-order valence-electron chi connectivity index (χ2n) is 8.54. The molecule has 3 N–H and O–H groups in total. The summed E-state index contributed by atoms with van der Waals surface area (Å²) in [5.74, 6) is -2.08. The van der Waals surface area contributed by atoms with Gasteiger partial charge in [0.05, 0.1) is 11.5 Å². The van der Waals surface area contributed by atoms with E-state index in [2.05, 4.69) is 10.2 Å². The molecule has 0 radical (unpaired) electrons. The number of rotatable bonds is 5. The molecule has 0 fully saturated rings. The lowest BCUT2D eigenvalue weighted by Crippen LogP contribution is -2.50. The number of carbonyl (C=O) groups excluding carboxylic acids is 1. The smallest absolute Gasteiger partial charge is 0.313 e. The molecule has 0 amide bonds. The fourth-order valence-electron chi connectivity index (χ4n) is 4.41. The molecule has 1 heterocycles. The molecule has 3 unspecified atom stereocenters. The van der Waals surface area contributed by atoms with Gasteiger partial charge in [0, 0.05) is 43.4 Å². The molecule has 0 aliphatic heterocycles. The Bertz CT molecular complexity index is 1110. The van der Waals surface area contributed by atoms with Gasteiger partial charge in [-0.1, -0.05) is 42.5 Å². The van der Waals surface area contributed by atoms with Gasteiger partial charge in [0.1, 0.15) is 6.61 Å². The highest BCUT2D eigenvalue weighted by molar-refractivity contribution is 5.77. The Balaban J connectivity index is 1.73. The SMILES string of the molecule is CN(C)c1ccc(C2c3c([nH][nH]c3=O)CC(C)(O)C2C(=O)OCc2ccccc2)cc1. The van der Waals surface area contributed by atoms with E-state index in [1.807, 2.05) is 73.6 Å². The highest BCUT2D eigenvalue weighted by Crippen LogP contribution is 2.44. The molecule has 31 heavy (non-hydrogen) atoms. The number of fused-ring (bicyclic) bond motifs is 1.